The summed E-state index contributed by atoms with van der Waals surface area (Å²) in [5.74, 6) is -3.04. The third-order valence-electron chi connectivity index (χ3n) is 2.92. The molecule has 8 heteroatoms. The van der Waals surface area contributed by atoms with Crippen LogP contribution < -0.4 is 10.1 Å². The third kappa shape index (κ3) is 5.28. The van der Waals surface area contributed by atoms with E-state index in [1.165, 1.54) is 12.1 Å². The molecule has 128 valence electrons. The number of nitrogens with one attached hydrogen (secondary N) is 1. The van der Waals surface area contributed by atoms with E-state index in [-0.39, 0.29) is 17.0 Å². The van der Waals surface area contributed by atoms with Crippen LogP contribution in [0.1, 0.15) is 5.56 Å². The number of para-hydroxylation sites is 1. The van der Waals surface area contributed by atoms with E-state index in [2.05, 4.69) is 10.1 Å². The number of amides is 1. The Balaban J connectivity index is 1.80. The number of benzene rings is 2. The van der Waals surface area contributed by atoms with Crippen molar-refractivity contribution >= 4 is 17.6 Å². The van der Waals surface area contributed by atoms with Crippen LogP contribution in [0.2, 0.25) is 0 Å². The molecule has 0 bridgehead atoms. The van der Waals surface area contributed by atoms with Crippen LogP contribution in [0.25, 0.3) is 0 Å². The van der Waals surface area contributed by atoms with Crippen LogP contribution in [0, 0.1) is 23.0 Å². The summed E-state index contributed by atoms with van der Waals surface area (Å²) in [4.78, 5) is 23.1. The van der Waals surface area contributed by atoms with Gasteiger partial charge in [0.1, 0.15) is 23.5 Å². The van der Waals surface area contributed by atoms with Crippen molar-refractivity contribution < 1.29 is 27.8 Å². The first-order valence-electron chi connectivity index (χ1n) is 7.02. The first-order valence-corrected chi connectivity index (χ1v) is 7.02. The highest BCUT2D eigenvalue weighted by Gasteiger charge is 2.12. The van der Waals surface area contributed by atoms with Gasteiger partial charge in [-0.25, -0.2) is 13.6 Å². The average molecular weight is 346 g/mol. The van der Waals surface area contributed by atoms with Crippen molar-refractivity contribution in [1.29, 1.82) is 5.26 Å². The molecule has 1 amide bonds. The Morgan fingerprint density at radius 1 is 1.12 bits per heavy atom. The maximum Gasteiger partial charge on any atom is 0.344 e. The number of halogens is 2. The second-order valence-electron chi connectivity index (χ2n) is 4.73. The first kappa shape index (κ1) is 17.9. The lowest BCUT2D eigenvalue weighted by Gasteiger charge is -2.09. The van der Waals surface area contributed by atoms with Crippen LogP contribution in [0.5, 0.6) is 5.75 Å². The second-order valence-corrected chi connectivity index (χ2v) is 4.73. The molecule has 0 radical (unpaired) electrons. The number of carbonyl (C=O) groups is 2. The zero-order valence-electron chi connectivity index (χ0n) is 12.8. The van der Waals surface area contributed by atoms with E-state index >= 15 is 0 Å². The third-order valence-corrected chi connectivity index (χ3v) is 2.92. The average Bonchev–Trinajstić information content (AvgIpc) is 2.61. The molecule has 2 aromatic rings. The maximum absolute atomic E-state index is 13.4. The van der Waals surface area contributed by atoms with Gasteiger partial charge in [-0.15, -0.1) is 0 Å². The van der Waals surface area contributed by atoms with E-state index in [0.29, 0.717) is 0 Å². The smallest absolute Gasteiger partial charge is 0.344 e. The van der Waals surface area contributed by atoms with Crippen molar-refractivity contribution in [2.45, 2.75) is 0 Å². The maximum atomic E-state index is 13.4. The molecular formula is C17H12F2N2O4. The fourth-order valence-electron chi connectivity index (χ4n) is 1.79. The Bertz CT molecular complexity index is 834. The van der Waals surface area contributed by atoms with Gasteiger partial charge in [0, 0.05) is 6.07 Å². The Hall–Kier alpha value is -3.47. The molecular weight excluding hydrogens is 334 g/mol. The van der Waals surface area contributed by atoms with Crippen molar-refractivity contribution in [2.75, 3.05) is 18.5 Å². The quantitative estimate of drug-likeness (QED) is 0.812. The predicted molar refractivity (Wildman–Crippen MR) is 82.6 cm³/mol. The van der Waals surface area contributed by atoms with Gasteiger partial charge in [-0.1, -0.05) is 12.1 Å². The van der Waals surface area contributed by atoms with Crippen LogP contribution in [0.15, 0.2) is 42.5 Å². The van der Waals surface area contributed by atoms with Crippen molar-refractivity contribution in [3.05, 3.63) is 59.7 Å². The molecule has 2 rings (SSSR count). The number of ether oxygens (including phenoxy) is 2. The van der Waals surface area contributed by atoms with Gasteiger partial charge in [0.25, 0.3) is 5.91 Å². The van der Waals surface area contributed by atoms with Crippen molar-refractivity contribution in [3.8, 4) is 11.8 Å². The lowest BCUT2D eigenvalue weighted by molar-refractivity contribution is -0.149. The SMILES string of the molecule is N#Cc1ccccc1OCC(=O)OCC(=O)Nc1cc(F)ccc1F. The van der Waals surface area contributed by atoms with E-state index in [1.807, 2.05) is 6.07 Å². The molecule has 0 spiro atoms. The van der Waals surface area contributed by atoms with Gasteiger partial charge in [-0.2, -0.15) is 5.26 Å². The molecule has 0 heterocycles. The number of rotatable bonds is 6. The van der Waals surface area contributed by atoms with Gasteiger partial charge >= 0.3 is 5.97 Å². The molecule has 0 saturated heterocycles. The molecule has 0 aromatic heterocycles. The Labute approximate surface area is 141 Å². The highest BCUT2D eigenvalue weighted by atomic mass is 19.1. The molecule has 0 fully saturated rings. The largest absolute Gasteiger partial charge is 0.481 e. The van der Waals surface area contributed by atoms with Crippen LogP contribution in [0.3, 0.4) is 0 Å². The summed E-state index contributed by atoms with van der Waals surface area (Å²) >= 11 is 0. The summed E-state index contributed by atoms with van der Waals surface area (Å²) in [6.07, 6.45) is 0. The van der Waals surface area contributed by atoms with Gasteiger partial charge in [-0.3, -0.25) is 4.79 Å². The first-order chi connectivity index (χ1) is 12.0. The van der Waals surface area contributed by atoms with Crippen molar-refractivity contribution in [1.82, 2.24) is 0 Å². The summed E-state index contributed by atoms with van der Waals surface area (Å²) in [5, 5.41) is 11.0. The van der Waals surface area contributed by atoms with Crippen molar-refractivity contribution in [3.63, 3.8) is 0 Å². The molecule has 0 aliphatic heterocycles. The van der Waals surface area contributed by atoms with Crippen LogP contribution in [-0.4, -0.2) is 25.1 Å². The summed E-state index contributed by atoms with van der Waals surface area (Å²) < 4.78 is 36.2. The Kier molecular flexibility index (Phi) is 6.01. The monoisotopic (exact) mass is 346 g/mol. The van der Waals surface area contributed by atoms with Crippen molar-refractivity contribution in [2.24, 2.45) is 0 Å². The van der Waals surface area contributed by atoms with E-state index in [4.69, 9.17) is 10.00 Å². The topological polar surface area (TPSA) is 88.4 Å². The minimum Gasteiger partial charge on any atom is -0.481 e. The highest BCUT2D eigenvalue weighted by Crippen LogP contribution is 2.16. The number of nitrogens with zero attached hydrogens (tertiary/aromatic N) is 1. The summed E-state index contributed by atoms with van der Waals surface area (Å²) in [5.41, 5.74) is -0.116. The molecule has 0 atom stereocenters. The fraction of sp³-hybridized carbons (Fsp3) is 0.118. The number of carbonyl (C=O) groups excluding carboxylic acids is 2. The molecule has 0 aliphatic rings. The zero-order valence-corrected chi connectivity index (χ0v) is 12.8. The van der Waals surface area contributed by atoms with Gasteiger partial charge in [-0.05, 0) is 24.3 Å². The zero-order chi connectivity index (χ0) is 18.2. The van der Waals surface area contributed by atoms with Gasteiger partial charge < -0.3 is 14.8 Å². The molecule has 0 aliphatic carbocycles. The van der Waals surface area contributed by atoms with Gasteiger partial charge in [0.15, 0.2) is 13.2 Å². The standard InChI is InChI=1S/C17H12F2N2O4/c18-12-5-6-13(19)14(7-12)21-16(22)9-25-17(23)10-24-15-4-2-1-3-11(15)8-20/h1-7H,9-10H2,(H,21,22). The molecule has 0 unspecified atom stereocenters. The number of hydrogen-bond acceptors (Lipinski definition) is 5. The van der Waals surface area contributed by atoms with E-state index in [0.717, 1.165) is 18.2 Å². The number of nitriles is 1. The molecule has 25 heavy (non-hydrogen) atoms. The van der Waals surface area contributed by atoms with Crippen LogP contribution in [-0.2, 0) is 14.3 Å². The van der Waals surface area contributed by atoms with Crippen LogP contribution in [0.4, 0.5) is 14.5 Å². The molecule has 6 nitrogen and oxygen atoms in total. The molecule has 2 aromatic carbocycles. The normalized spacial score (nSPS) is 9.80. The number of hydrogen-bond donors (Lipinski definition) is 1. The van der Waals surface area contributed by atoms with Gasteiger partial charge in [0.05, 0.1) is 11.3 Å². The second kappa shape index (κ2) is 8.40. The molecule has 1 N–H and O–H groups in total. The Morgan fingerprint density at radius 3 is 2.64 bits per heavy atom. The summed E-state index contributed by atoms with van der Waals surface area (Å²) in [6, 6.07) is 10.8. The fourth-order valence-corrected chi connectivity index (χ4v) is 1.79. The van der Waals surface area contributed by atoms with Crippen LogP contribution >= 0.6 is 0 Å². The van der Waals surface area contributed by atoms with E-state index < -0.39 is 36.7 Å². The predicted octanol–water partition coefficient (Wildman–Crippen LogP) is 2.40. The summed E-state index contributed by atoms with van der Waals surface area (Å²) in [6.45, 7) is -1.21. The van der Waals surface area contributed by atoms with Gasteiger partial charge in [0.2, 0.25) is 0 Å². The lowest BCUT2D eigenvalue weighted by atomic mass is 10.2. The minimum absolute atomic E-state index is 0.202. The molecule has 0 saturated carbocycles. The summed E-state index contributed by atoms with van der Waals surface area (Å²) in [7, 11) is 0. The Morgan fingerprint density at radius 2 is 1.88 bits per heavy atom. The van der Waals surface area contributed by atoms with E-state index in [1.54, 1.807) is 12.1 Å². The minimum atomic E-state index is -0.859. The highest BCUT2D eigenvalue weighted by molar-refractivity contribution is 5.92. The number of esters is 1. The van der Waals surface area contributed by atoms with E-state index in [9.17, 15) is 18.4 Å². The number of anilines is 1. The lowest BCUT2D eigenvalue weighted by Crippen LogP contribution is -2.24.